The predicted octanol–water partition coefficient (Wildman–Crippen LogP) is 4.30. The zero-order chi connectivity index (χ0) is 11.3. The molecule has 0 aliphatic rings. The zero-order valence-electron chi connectivity index (χ0n) is 8.72. The first-order valence-corrected chi connectivity index (χ1v) is 5.85. The molecule has 0 heterocycles. The Hall–Kier alpha value is -0.530. The van der Waals surface area contributed by atoms with Gasteiger partial charge in [0.1, 0.15) is 5.78 Å². The lowest BCUT2D eigenvalue weighted by atomic mass is 10.1. The van der Waals surface area contributed by atoms with Crippen LogP contribution in [0.2, 0.25) is 10.0 Å². The van der Waals surface area contributed by atoms with Gasteiger partial charge >= 0.3 is 0 Å². The van der Waals surface area contributed by atoms with Crippen molar-refractivity contribution >= 4 is 29.0 Å². The molecular weight excluding hydrogens is 231 g/mol. The SMILES string of the molecule is CCC(=O)CCCc1cccc(Cl)c1Cl. The van der Waals surface area contributed by atoms with E-state index in [0.717, 1.165) is 18.4 Å². The molecule has 0 fully saturated rings. The monoisotopic (exact) mass is 244 g/mol. The van der Waals surface area contributed by atoms with Crippen LogP contribution >= 0.6 is 23.2 Å². The first kappa shape index (κ1) is 12.5. The summed E-state index contributed by atoms with van der Waals surface area (Å²) in [6.45, 7) is 1.88. The number of carbonyl (C=O) groups excluding carboxylic acids is 1. The Bertz CT molecular complexity index is 347. The second-order valence-electron chi connectivity index (χ2n) is 3.46. The van der Waals surface area contributed by atoms with E-state index in [2.05, 4.69) is 0 Å². The number of hydrogen-bond acceptors (Lipinski definition) is 1. The van der Waals surface area contributed by atoms with Crippen LogP contribution in [-0.4, -0.2) is 5.78 Å². The third-order valence-corrected chi connectivity index (χ3v) is 3.19. The van der Waals surface area contributed by atoms with Gasteiger partial charge in [-0.15, -0.1) is 0 Å². The predicted molar refractivity (Wildman–Crippen MR) is 64.7 cm³/mol. The molecule has 0 spiro atoms. The van der Waals surface area contributed by atoms with Crippen molar-refractivity contribution in [2.75, 3.05) is 0 Å². The molecule has 0 aliphatic carbocycles. The molecule has 0 saturated carbocycles. The van der Waals surface area contributed by atoms with E-state index in [-0.39, 0.29) is 0 Å². The van der Waals surface area contributed by atoms with E-state index in [1.165, 1.54) is 0 Å². The van der Waals surface area contributed by atoms with Crippen LogP contribution in [0.1, 0.15) is 31.7 Å². The second-order valence-corrected chi connectivity index (χ2v) is 4.24. The number of ketones is 1. The molecule has 0 bridgehead atoms. The number of benzene rings is 1. The van der Waals surface area contributed by atoms with E-state index < -0.39 is 0 Å². The molecule has 0 unspecified atom stereocenters. The molecule has 1 aromatic rings. The summed E-state index contributed by atoms with van der Waals surface area (Å²) in [6.07, 6.45) is 2.89. The Kier molecular flexibility index (Phi) is 5.13. The van der Waals surface area contributed by atoms with Crippen molar-refractivity contribution in [3.05, 3.63) is 33.8 Å². The molecule has 1 aromatic carbocycles. The quantitative estimate of drug-likeness (QED) is 0.756. The average Bonchev–Trinajstić information content (AvgIpc) is 2.24. The maximum atomic E-state index is 11.1. The number of Topliss-reactive ketones (excluding diaryl/α,β-unsaturated/α-hetero) is 1. The minimum atomic E-state index is 0.299. The van der Waals surface area contributed by atoms with Crippen molar-refractivity contribution in [3.63, 3.8) is 0 Å². The topological polar surface area (TPSA) is 17.1 Å². The standard InChI is InChI=1S/C12H14Cl2O/c1-2-10(15)7-3-5-9-6-4-8-11(13)12(9)14/h4,6,8H,2-3,5,7H2,1H3. The van der Waals surface area contributed by atoms with Crippen LogP contribution < -0.4 is 0 Å². The molecule has 82 valence electrons. The molecule has 15 heavy (non-hydrogen) atoms. The summed E-state index contributed by atoms with van der Waals surface area (Å²) in [5, 5.41) is 1.19. The van der Waals surface area contributed by atoms with E-state index in [1.54, 1.807) is 6.07 Å². The Morgan fingerprint density at radius 3 is 2.73 bits per heavy atom. The molecular formula is C12H14Cl2O. The van der Waals surface area contributed by atoms with Gasteiger partial charge in [-0.2, -0.15) is 0 Å². The summed E-state index contributed by atoms with van der Waals surface area (Å²) < 4.78 is 0. The van der Waals surface area contributed by atoms with Gasteiger partial charge in [0.2, 0.25) is 0 Å². The molecule has 1 nitrogen and oxygen atoms in total. The summed E-state index contributed by atoms with van der Waals surface area (Å²) in [5.41, 5.74) is 1.02. The van der Waals surface area contributed by atoms with Crippen LogP contribution in [0.4, 0.5) is 0 Å². The number of carbonyl (C=O) groups is 1. The maximum Gasteiger partial charge on any atom is 0.132 e. The lowest BCUT2D eigenvalue weighted by Gasteiger charge is -2.04. The smallest absolute Gasteiger partial charge is 0.132 e. The number of rotatable bonds is 5. The first-order valence-electron chi connectivity index (χ1n) is 5.09. The third kappa shape index (κ3) is 3.84. The molecule has 0 N–H and O–H groups in total. The summed E-state index contributed by atoms with van der Waals surface area (Å²) in [7, 11) is 0. The molecule has 0 aliphatic heterocycles. The van der Waals surface area contributed by atoms with Crippen molar-refractivity contribution in [1.82, 2.24) is 0 Å². The second kappa shape index (κ2) is 6.14. The van der Waals surface area contributed by atoms with Gasteiger partial charge in [-0.05, 0) is 24.5 Å². The fourth-order valence-electron chi connectivity index (χ4n) is 1.39. The Morgan fingerprint density at radius 1 is 1.33 bits per heavy atom. The van der Waals surface area contributed by atoms with E-state index in [4.69, 9.17) is 23.2 Å². The largest absolute Gasteiger partial charge is 0.300 e. The summed E-state index contributed by atoms with van der Waals surface area (Å²) in [6, 6.07) is 5.60. The van der Waals surface area contributed by atoms with Crippen molar-refractivity contribution in [2.45, 2.75) is 32.6 Å². The van der Waals surface area contributed by atoms with Crippen LogP contribution in [0.5, 0.6) is 0 Å². The average molecular weight is 245 g/mol. The van der Waals surface area contributed by atoms with Gasteiger partial charge in [0, 0.05) is 12.8 Å². The summed E-state index contributed by atoms with van der Waals surface area (Å²) in [4.78, 5) is 11.1. The van der Waals surface area contributed by atoms with Crippen LogP contribution in [0.15, 0.2) is 18.2 Å². The number of halogens is 2. The fraction of sp³-hybridized carbons (Fsp3) is 0.417. The van der Waals surface area contributed by atoms with Gasteiger partial charge in [0.05, 0.1) is 10.0 Å². The van der Waals surface area contributed by atoms with Gasteiger partial charge in [0.15, 0.2) is 0 Å². The molecule has 0 amide bonds. The fourth-order valence-corrected chi connectivity index (χ4v) is 1.81. The minimum Gasteiger partial charge on any atom is -0.300 e. The summed E-state index contributed by atoms with van der Waals surface area (Å²) >= 11 is 11.9. The van der Waals surface area contributed by atoms with Crippen LogP contribution in [-0.2, 0) is 11.2 Å². The highest BCUT2D eigenvalue weighted by atomic mass is 35.5. The highest BCUT2D eigenvalue weighted by Gasteiger charge is 2.05. The Morgan fingerprint density at radius 2 is 2.07 bits per heavy atom. The molecule has 1 rings (SSSR count). The minimum absolute atomic E-state index is 0.299. The molecule has 0 saturated heterocycles. The lowest BCUT2D eigenvalue weighted by Crippen LogP contribution is -1.96. The third-order valence-electron chi connectivity index (χ3n) is 2.33. The van der Waals surface area contributed by atoms with Gasteiger partial charge in [-0.1, -0.05) is 42.3 Å². The van der Waals surface area contributed by atoms with E-state index >= 15 is 0 Å². The number of hydrogen-bond donors (Lipinski definition) is 0. The van der Waals surface area contributed by atoms with Crippen LogP contribution in [0, 0.1) is 0 Å². The highest BCUT2D eigenvalue weighted by Crippen LogP contribution is 2.26. The van der Waals surface area contributed by atoms with Gasteiger partial charge < -0.3 is 0 Å². The van der Waals surface area contributed by atoms with Crippen LogP contribution in [0.25, 0.3) is 0 Å². The van der Waals surface area contributed by atoms with Crippen LogP contribution in [0.3, 0.4) is 0 Å². The molecule has 3 heteroatoms. The van der Waals surface area contributed by atoms with Crippen molar-refractivity contribution < 1.29 is 4.79 Å². The van der Waals surface area contributed by atoms with Gasteiger partial charge in [-0.25, -0.2) is 0 Å². The van der Waals surface area contributed by atoms with Gasteiger partial charge in [-0.3, -0.25) is 4.79 Å². The Labute approximate surface area is 100 Å². The van der Waals surface area contributed by atoms with E-state index in [1.807, 2.05) is 19.1 Å². The highest BCUT2D eigenvalue weighted by molar-refractivity contribution is 6.42. The Balaban J connectivity index is 2.51. The van der Waals surface area contributed by atoms with Crippen molar-refractivity contribution in [2.24, 2.45) is 0 Å². The zero-order valence-corrected chi connectivity index (χ0v) is 10.2. The number of aryl methyl sites for hydroxylation is 1. The van der Waals surface area contributed by atoms with Crippen molar-refractivity contribution in [3.8, 4) is 0 Å². The molecule has 0 aromatic heterocycles. The molecule has 0 radical (unpaired) electrons. The first-order chi connectivity index (χ1) is 7.15. The van der Waals surface area contributed by atoms with E-state index in [0.29, 0.717) is 28.7 Å². The van der Waals surface area contributed by atoms with Gasteiger partial charge in [0.25, 0.3) is 0 Å². The maximum absolute atomic E-state index is 11.1. The normalized spacial score (nSPS) is 10.3. The molecule has 0 atom stereocenters. The summed E-state index contributed by atoms with van der Waals surface area (Å²) in [5.74, 6) is 0.299. The van der Waals surface area contributed by atoms with Crippen molar-refractivity contribution in [1.29, 1.82) is 0 Å². The van der Waals surface area contributed by atoms with E-state index in [9.17, 15) is 4.79 Å². The lowest BCUT2D eigenvalue weighted by molar-refractivity contribution is -0.118.